The van der Waals surface area contributed by atoms with Gasteiger partial charge < -0.3 is 20.3 Å². The van der Waals surface area contributed by atoms with Gasteiger partial charge in [0.2, 0.25) is 0 Å². The van der Waals surface area contributed by atoms with E-state index in [0.717, 1.165) is 28.8 Å². The molecule has 0 amide bonds. The van der Waals surface area contributed by atoms with E-state index in [1.54, 1.807) is 30.3 Å². The minimum absolute atomic E-state index is 0.193. The number of anilines is 1. The Morgan fingerprint density at radius 1 is 1.09 bits per heavy atom. The maximum absolute atomic E-state index is 10.3. The molecule has 3 heterocycles. The molecule has 5 rings (SSSR count). The lowest BCUT2D eigenvalue weighted by atomic mass is 10.0. The smallest absolute Gasteiger partial charge is 0.299 e. The Kier molecular flexibility index (Phi) is 5.07. The predicted molar refractivity (Wildman–Crippen MR) is 130 cm³/mol. The molecule has 4 aromatic rings. The second kappa shape index (κ2) is 7.80. The second-order valence-electron chi connectivity index (χ2n) is 8.42. The van der Waals surface area contributed by atoms with Crippen LogP contribution in [0, 0.1) is 3.83 Å². The number of phenols is 2. The summed E-state index contributed by atoms with van der Waals surface area (Å²) in [5.74, 6) is 1.08. The Hall–Kier alpha value is -3.08. The van der Waals surface area contributed by atoms with Crippen molar-refractivity contribution in [2.24, 2.45) is 0 Å². The van der Waals surface area contributed by atoms with Gasteiger partial charge in [-0.1, -0.05) is 18.2 Å². The van der Waals surface area contributed by atoms with Crippen LogP contribution in [-0.4, -0.2) is 42.9 Å². The number of fused-ring (bicyclic) bond motifs is 3. The summed E-state index contributed by atoms with van der Waals surface area (Å²) in [5, 5.41) is 23.2. The van der Waals surface area contributed by atoms with Gasteiger partial charge in [0.15, 0.2) is 20.8 Å². The van der Waals surface area contributed by atoms with Crippen LogP contribution < -0.4 is 10.1 Å². The molecule has 0 saturated heterocycles. The summed E-state index contributed by atoms with van der Waals surface area (Å²) >= 11 is 2.12. The molecule has 0 saturated carbocycles. The molecule has 0 bridgehead atoms. The van der Waals surface area contributed by atoms with Crippen molar-refractivity contribution in [1.82, 2.24) is 19.5 Å². The summed E-state index contributed by atoms with van der Waals surface area (Å²) < 4.78 is 8.43. The van der Waals surface area contributed by atoms with Crippen LogP contribution in [0.4, 0.5) is 5.82 Å². The standard InChI is InChI=1S/C23H22IN5O3/c1-23(2)12-32-22-26-18-19(27-21(24)28-20(18)29(22)23)25-10-9-13-3-8-17(31)16(11-13)14-4-6-15(30)7-5-14/h3-8,11,30-31H,9-10,12H2,1-2H3,(H,25,27,28). The highest BCUT2D eigenvalue weighted by molar-refractivity contribution is 14.1. The summed E-state index contributed by atoms with van der Waals surface area (Å²) in [6, 6.07) is 12.9. The largest absolute Gasteiger partial charge is 0.508 e. The molecule has 1 aliphatic rings. The number of rotatable bonds is 5. The monoisotopic (exact) mass is 543 g/mol. The van der Waals surface area contributed by atoms with Crippen molar-refractivity contribution < 1.29 is 14.9 Å². The number of halogens is 1. The zero-order chi connectivity index (χ0) is 22.5. The summed E-state index contributed by atoms with van der Waals surface area (Å²) in [5.41, 5.74) is 3.89. The van der Waals surface area contributed by atoms with E-state index in [-0.39, 0.29) is 17.0 Å². The molecule has 0 spiro atoms. The van der Waals surface area contributed by atoms with E-state index in [2.05, 4.69) is 56.7 Å². The van der Waals surface area contributed by atoms with E-state index in [9.17, 15) is 10.2 Å². The Balaban J connectivity index is 1.37. The molecule has 0 unspecified atom stereocenters. The zero-order valence-corrected chi connectivity index (χ0v) is 19.8. The van der Waals surface area contributed by atoms with Crippen molar-refractivity contribution in [3.8, 4) is 28.6 Å². The fourth-order valence-electron chi connectivity index (χ4n) is 3.92. The highest BCUT2D eigenvalue weighted by Crippen LogP contribution is 2.36. The lowest BCUT2D eigenvalue weighted by molar-refractivity contribution is 0.268. The minimum Gasteiger partial charge on any atom is -0.508 e. The summed E-state index contributed by atoms with van der Waals surface area (Å²) in [6.45, 7) is 5.40. The first kappa shape index (κ1) is 20.8. The molecular weight excluding hydrogens is 521 g/mol. The molecule has 2 aromatic carbocycles. The first-order valence-electron chi connectivity index (χ1n) is 10.3. The van der Waals surface area contributed by atoms with Gasteiger partial charge >= 0.3 is 0 Å². The average Bonchev–Trinajstić information content (AvgIpc) is 3.27. The molecule has 0 radical (unpaired) electrons. The van der Waals surface area contributed by atoms with Gasteiger partial charge in [0.1, 0.15) is 18.1 Å². The number of hydrogen-bond acceptors (Lipinski definition) is 7. The quantitative estimate of drug-likeness (QED) is 0.255. The topological polar surface area (TPSA) is 105 Å². The van der Waals surface area contributed by atoms with Gasteiger partial charge in [0.25, 0.3) is 6.01 Å². The van der Waals surface area contributed by atoms with Crippen molar-refractivity contribution >= 4 is 39.6 Å². The van der Waals surface area contributed by atoms with Crippen molar-refractivity contribution in [3.05, 3.63) is 51.9 Å². The normalized spacial score (nSPS) is 14.3. The maximum Gasteiger partial charge on any atom is 0.299 e. The molecule has 32 heavy (non-hydrogen) atoms. The van der Waals surface area contributed by atoms with E-state index >= 15 is 0 Å². The fourth-order valence-corrected chi connectivity index (χ4v) is 4.39. The average molecular weight is 543 g/mol. The van der Waals surface area contributed by atoms with Crippen molar-refractivity contribution in [1.29, 1.82) is 0 Å². The van der Waals surface area contributed by atoms with Crippen LogP contribution in [-0.2, 0) is 12.0 Å². The SMILES string of the molecule is CC1(C)COc2nc3c(NCCc4ccc(O)c(-c5ccc(O)cc5)c4)nc(I)nc3n21. The van der Waals surface area contributed by atoms with E-state index in [0.29, 0.717) is 34.3 Å². The Morgan fingerprint density at radius 2 is 1.88 bits per heavy atom. The number of aromatic hydroxyl groups is 2. The van der Waals surface area contributed by atoms with Gasteiger partial charge in [-0.05, 0) is 55.7 Å². The van der Waals surface area contributed by atoms with E-state index in [1.165, 1.54) is 0 Å². The lowest BCUT2D eigenvalue weighted by Gasteiger charge is -2.18. The lowest BCUT2D eigenvalue weighted by Crippen LogP contribution is -2.26. The number of ether oxygens (including phenoxy) is 1. The number of nitrogens with one attached hydrogen (secondary N) is 1. The minimum atomic E-state index is -0.213. The van der Waals surface area contributed by atoms with Gasteiger partial charge in [0.05, 0.1) is 5.54 Å². The van der Waals surface area contributed by atoms with Gasteiger partial charge in [0, 0.05) is 34.7 Å². The van der Waals surface area contributed by atoms with E-state index in [4.69, 9.17) is 4.74 Å². The Labute approximate surface area is 198 Å². The molecule has 1 aliphatic heterocycles. The van der Waals surface area contributed by atoms with Crippen LogP contribution in [0.25, 0.3) is 22.3 Å². The van der Waals surface area contributed by atoms with Crippen LogP contribution >= 0.6 is 22.6 Å². The number of nitrogens with zero attached hydrogens (tertiary/aromatic N) is 4. The number of imidazole rings is 1. The Morgan fingerprint density at radius 3 is 2.66 bits per heavy atom. The molecular formula is C23H22IN5O3. The van der Waals surface area contributed by atoms with E-state index in [1.807, 2.05) is 16.7 Å². The maximum atomic E-state index is 10.3. The molecule has 0 aliphatic carbocycles. The zero-order valence-electron chi connectivity index (χ0n) is 17.6. The van der Waals surface area contributed by atoms with Crippen molar-refractivity contribution in [2.75, 3.05) is 18.5 Å². The second-order valence-corrected chi connectivity index (χ2v) is 9.38. The van der Waals surface area contributed by atoms with Crippen molar-refractivity contribution in [2.45, 2.75) is 25.8 Å². The van der Waals surface area contributed by atoms with Crippen LogP contribution in [0.3, 0.4) is 0 Å². The first-order chi connectivity index (χ1) is 15.3. The molecule has 2 aromatic heterocycles. The fraction of sp³-hybridized carbons (Fsp3) is 0.261. The summed E-state index contributed by atoms with van der Waals surface area (Å²) in [6.07, 6.45) is 0.725. The van der Waals surface area contributed by atoms with Crippen LogP contribution in [0.5, 0.6) is 17.5 Å². The molecule has 8 nitrogen and oxygen atoms in total. The van der Waals surface area contributed by atoms with Crippen LogP contribution in [0.15, 0.2) is 42.5 Å². The van der Waals surface area contributed by atoms with Crippen molar-refractivity contribution in [3.63, 3.8) is 0 Å². The number of benzene rings is 2. The summed E-state index contributed by atoms with van der Waals surface area (Å²) in [4.78, 5) is 13.8. The molecule has 3 N–H and O–H groups in total. The highest BCUT2D eigenvalue weighted by atomic mass is 127. The third-order valence-corrected chi connectivity index (χ3v) is 6.04. The molecule has 9 heteroatoms. The molecule has 0 atom stereocenters. The van der Waals surface area contributed by atoms with E-state index < -0.39 is 0 Å². The summed E-state index contributed by atoms with van der Waals surface area (Å²) in [7, 11) is 0. The third-order valence-electron chi connectivity index (χ3n) is 5.55. The predicted octanol–water partition coefficient (Wildman–Crippen LogP) is 4.29. The first-order valence-corrected chi connectivity index (χ1v) is 11.3. The van der Waals surface area contributed by atoms with Gasteiger partial charge in [-0.25, -0.2) is 9.97 Å². The van der Waals surface area contributed by atoms with Crippen LogP contribution in [0.1, 0.15) is 19.4 Å². The Bertz CT molecular complexity index is 1320. The van der Waals surface area contributed by atoms with Gasteiger partial charge in [-0.2, -0.15) is 4.98 Å². The molecule has 0 fully saturated rings. The van der Waals surface area contributed by atoms with Gasteiger partial charge in [-0.15, -0.1) is 0 Å². The molecule has 164 valence electrons. The third kappa shape index (κ3) is 3.70. The van der Waals surface area contributed by atoms with Crippen LogP contribution in [0.2, 0.25) is 0 Å². The number of hydrogen-bond donors (Lipinski definition) is 3. The number of aromatic nitrogens is 4. The highest BCUT2D eigenvalue weighted by Gasteiger charge is 2.36. The van der Waals surface area contributed by atoms with Gasteiger partial charge in [-0.3, -0.25) is 4.57 Å². The number of phenolic OH excluding ortho intramolecular Hbond substituents is 2.